The van der Waals surface area contributed by atoms with Gasteiger partial charge >= 0.3 is 0 Å². The fourth-order valence-corrected chi connectivity index (χ4v) is 2.04. The molecule has 1 amide bonds. The van der Waals surface area contributed by atoms with Crippen LogP contribution in [0.2, 0.25) is 0 Å². The summed E-state index contributed by atoms with van der Waals surface area (Å²) < 4.78 is 0. The molecule has 3 heteroatoms. The van der Waals surface area contributed by atoms with Crippen molar-refractivity contribution in [1.29, 1.82) is 0 Å². The van der Waals surface area contributed by atoms with E-state index in [1.807, 2.05) is 13.8 Å². The van der Waals surface area contributed by atoms with Crippen molar-refractivity contribution >= 4 is 17.4 Å². The molecule has 0 aliphatic heterocycles. The number of hydrogen-bond donors (Lipinski definition) is 1. The molecule has 1 aromatic rings. The van der Waals surface area contributed by atoms with Crippen molar-refractivity contribution in [1.82, 2.24) is 0 Å². The maximum absolute atomic E-state index is 12.3. The number of amides is 1. The Morgan fingerprint density at radius 1 is 1.17 bits per heavy atom. The van der Waals surface area contributed by atoms with Gasteiger partial charge in [0.25, 0.3) is 0 Å². The first-order chi connectivity index (χ1) is 8.36. The summed E-state index contributed by atoms with van der Waals surface area (Å²) in [6, 6.07) is 7.06. The lowest BCUT2D eigenvalue weighted by Crippen LogP contribution is -2.24. The van der Waals surface area contributed by atoms with E-state index >= 15 is 0 Å². The second kappa shape index (κ2) is 5.80. The quantitative estimate of drug-likeness (QED) is 0.807. The van der Waals surface area contributed by atoms with Gasteiger partial charge in [-0.05, 0) is 30.7 Å². The Morgan fingerprint density at radius 2 is 1.72 bits per heavy atom. The highest BCUT2D eigenvalue weighted by atomic mass is 16.1. The van der Waals surface area contributed by atoms with E-state index in [1.54, 1.807) is 24.3 Å². The zero-order valence-corrected chi connectivity index (χ0v) is 11.5. The molecule has 0 aromatic heterocycles. The summed E-state index contributed by atoms with van der Waals surface area (Å²) in [5.41, 5.74) is 1.08. The number of Topliss-reactive ketones (excluding diaryl/α,β-unsaturated/α-hetero) is 1. The zero-order valence-electron chi connectivity index (χ0n) is 11.5. The van der Waals surface area contributed by atoms with E-state index in [2.05, 4.69) is 12.2 Å². The van der Waals surface area contributed by atoms with Gasteiger partial charge in [0.05, 0.1) is 0 Å². The van der Waals surface area contributed by atoms with Crippen LogP contribution in [0.15, 0.2) is 24.3 Å². The van der Waals surface area contributed by atoms with Gasteiger partial charge < -0.3 is 5.32 Å². The maximum atomic E-state index is 12.3. The van der Waals surface area contributed by atoms with E-state index in [1.165, 1.54) is 6.92 Å². The van der Waals surface area contributed by atoms with Gasteiger partial charge in [-0.1, -0.05) is 27.2 Å². The number of rotatable bonds is 5. The standard InChI is InChI=1S/C15H21NO2/c1-5-10-15(3,4)14(18)12-6-8-13(9-7-12)16-11(2)17/h6-9H,5,10H2,1-4H3,(H,16,17). The second-order valence-corrected chi connectivity index (χ2v) is 5.22. The third kappa shape index (κ3) is 3.69. The molecule has 1 N–H and O–H groups in total. The number of benzene rings is 1. The Kier molecular flexibility index (Phi) is 4.65. The highest BCUT2D eigenvalue weighted by molar-refractivity contribution is 6.00. The summed E-state index contributed by atoms with van der Waals surface area (Å²) in [5.74, 6) is 0.0408. The summed E-state index contributed by atoms with van der Waals surface area (Å²) >= 11 is 0. The van der Waals surface area contributed by atoms with Crippen molar-refractivity contribution in [3.8, 4) is 0 Å². The molecule has 0 saturated carbocycles. The SMILES string of the molecule is CCCC(C)(C)C(=O)c1ccc(NC(C)=O)cc1. The predicted octanol–water partition coefficient (Wildman–Crippen LogP) is 3.65. The fourth-order valence-electron chi connectivity index (χ4n) is 2.04. The monoisotopic (exact) mass is 247 g/mol. The number of carbonyl (C=O) groups is 2. The minimum Gasteiger partial charge on any atom is -0.326 e. The molecule has 0 fully saturated rings. The Bertz CT molecular complexity index is 432. The lowest BCUT2D eigenvalue weighted by Gasteiger charge is -2.22. The molecule has 98 valence electrons. The first kappa shape index (κ1) is 14.4. The molecule has 0 bridgehead atoms. The minimum atomic E-state index is -0.329. The molecule has 3 nitrogen and oxygen atoms in total. The van der Waals surface area contributed by atoms with E-state index in [-0.39, 0.29) is 17.1 Å². The van der Waals surface area contributed by atoms with Crippen LogP contribution in [-0.4, -0.2) is 11.7 Å². The summed E-state index contributed by atoms with van der Waals surface area (Å²) in [6.45, 7) is 7.49. The minimum absolute atomic E-state index is 0.111. The van der Waals surface area contributed by atoms with Crippen LogP contribution in [0.1, 0.15) is 50.9 Å². The van der Waals surface area contributed by atoms with Crippen LogP contribution in [-0.2, 0) is 4.79 Å². The lowest BCUT2D eigenvalue weighted by molar-refractivity contribution is -0.114. The normalized spacial score (nSPS) is 11.1. The molecule has 0 atom stereocenters. The van der Waals surface area contributed by atoms with Gasteiger partial charge in [0.2, 0.25) is 5.91 Å². The molecule has 0 radical (unpaired) electrons. The number of nitrogens with one attached hydrogen (secondary N) is 1. The van der Waals surface area contributed by atoms with Crippen molar-refractivity contribution < 1.29 is 9.59 Å². The molecule has 1 aromatic carbocycles. The van der Waals surface area contributed by atoms with Gasteiger partial charge in [-0.3, -0.25) is 9.59 Å². The van der Waals surface area contributed by atoms with Crippen molar-refractivity contribution in [2.24, 2.45) is 5.41 Å². The highest BCUT2D eigenvalue weighted by Crippen LogP contribution is 2.27. The zero-order chi connectivity index (χ0) is 13.8. The van der Waals surface area contributed by atoms with Crippen LogP contribution < -0.4 is 5.32 Å². The molecule has 1 rings (SSSR count). The Hall–Kier alpha value is -1.64. The van der Waals surface area contributed by atoms with Gasteiger partial charge in [0.15, 0.2) is 5.78 Å². The molecule has 0 heterocycles. The molecule has 18 heavy (non-hydrogen) atoms. The van der Waals surface area contributed by atoms with Crippen LogP contribution in [0.4, 0.5) is 5.69 Å². The predicted molar refractivity (Wildman–Crippen MR) is 73.8 cm³/mol. The first-order valence-corrected chi connectivity index (χ1v) is 6.29. The third-order valence-corrected chi connectivity index (χ3v) is 2.96. The molecule has 0 aliphatic rings. The average molecular weight is 247 g/mol. The van der Waals surface area contributed by atoms with Gasteiger partial charge in [0, 0.05) is 23.6 Å². The van der Waals surface area contributed by atoms with Crippen molar-refractivity contribution in [2.45, 2.75) is 40.5 Å². The van der Waals surface area contributed by atoms with E-state index in [0.29, 0.717) is 11.3 Å². The summed E-state index contributed by atoms with van der Waals surface area (Å²) in [4.78, 5) is 23.2. The number of ketones is 1. The van der Waals surface area contributed by atoms with Crippen LogP contribution in [0.25, 0.3) is 0 Å². The smallest absolute Gasteiger partial charge is 0.221 e. The van der Waals surface area contributed by atoms with Crippen molar-refractivity contribution in [3.05, 3.63) is 29.8 Å². The molecule has 0 unspecified atom stereocenters. The Balaban J connectivity index is 2.85. The third-order valence-electron chi connectivity index (χ3n) is 2.96. The number of anilines is 1. The fraction of sp³-hybridized carbons (Fsp3) is 0.467. The van der Waals surface area contributed by atoms with Gasteiger partial charge in [-0.25, -0.2) is 0 Å². The number of hydrogen-bond acceptors (Lipinski definition) is 2. The van der Waals surface area contributed by atoms with E-state index in [0.717, 1.165) is 12.8 Å². The van der Waals surface area contributed by atoms with Gasteiger partial charge in [-0.15, -0.1) is 0 Å². The molecular formula is C15H21NO2. The average Bonchev–Trinajstić information content (AvgIpc) is 2.28. The van der Waals surface area contributed by atoms with Crippen LogP contribution in [0.3, 0.4) is 0 Å². The molecule has 0 spiro atoms. The number of carbonyl (C=O) groups excluding carboxylic acids is 2. The Morgan fingerprint density at radius 3 is 2.17 bits per heavy atom. The van der Waals surface area contributed by atoms with E-state index < -0.39 is 0 Å². The highest BCUT2D eigenvalue weighted by Gasteiger charge is 2.27. The van der Waals surface area contributed by atoms with Crippen LogP contribution in [0.5, 0.6) is 0 Å². The molecule has 0 aliphatic carbocycles. The molecular weight excluding hydrogens is 226 g/mol. The lowest BCUT2D eigenvalue weighted by atomic mass is 9.80. The van der Waals surface area contributed by atoms with Gasteiger partial charge in [-0.2, -0.15) is 0 Å². The Labute approximate surface area is 109 Å². The summed E-state index contributed by atoms with van der Waals surface area (Å²) in [6.07, 6.45) is 1.86. The van der Waals surface area contributed by atoms with E-state index in [4.69, 9.17) is 0 Å². The topological polar surface area (TPSA) is 46.2 Å². The first-order valence-electron chi connectivity index (χ1n) is 6.29. The van der Waals surface area contributed by atoms with Crippen LogP contribution in [0, 0.1) is 5.41 Å². The maximum Gasteiger partial charge on any atom is 0.221 e. The second-order valence-electron chi connectivity index (χ2n) is 5.22. The largest absolute Gasteiger partial charge is 0.326 e. The molecule has 0 saturated heterocycles. The van der Waals surface area contributed by atoms with Crippen LogP contribution >= 0.6 is 0 Å². The van der Waals surface area contributed by atoms with Crippen molar-refractivity contribution in [2.75, 3.05) is 5.32 Å². The van der Waals surface area contributed by atoms with Gasteiger partial charge in [0.1, 0.15) is 0 Å². The van der Waals surface area contributed by atoms with E-state index in [9.17, 15) is 9.59 Å². The summed E-state index contributed by atoms with van der Waals surface area (Å²) in [7, 11) is 0. The summed E-state index contributed by atoms with van der Waals surface area (Å²) in [5, 5.41) is 2.68. The van der Waals surface area contributed by atoms with Crippen molar-refractivity contribution in [3.63, 3.8) is 0 Å².